The number of carbonyl (C=O) groups excluding carboxylic acids is 1. The van der Waals surface area contributed by atoms with Gasteiger partial charge in [-0.3, -0.25) is 4.79 Å². The fourth-order valence-electron chi connectivity index (χ4n) is 2.23. The molecule has 0 amide bonds. The zero-order valence-electron chi connectivity index (χ0n) is 11.1. The Kier molecular flexibility index (Phi) is 4.01. The van der Waals surface area contributed by atoms with Crippen LogP contribution >= 0.6 is 0 Å². The second-order valence-corrected chi connectivity index (χ2v) is 4.88. The summed E-state index contributed by atoms with van der Waals surface area (Å²) in [5, 5.41) is 9.16. The third kappa shape index (κ3) is 3.21. The number of likely N-dealkylation sites (N-methyl/N-ethyl adjacent to an activating group) is 1. The number of rotatable bonds is 4. The number of morpholine rings is 1. The summed E-state index contributed by atoms with van der Waals surface area (Å²) < 4.78 is 7.20. The predicted octanol–water partition coefficient (Wildman–Crippen LogP) is 0.720. The lowest BCUT2D eigenvalue weighted by atomic mass is 10.2. The van der Waals surface area contributed by atoms with Crippen LogP contribution in [0.25, 0.3) is 0 Å². The molecule has 1 saturated heterocycles. The maximum absolute atomic E-state index is 11.3. The zero-order chi connectivity index (χ0) is 14.0. The van der Waals surface area contributed by atoms with E-state index in [4.69, 9.17) is 9.84 Å². The van der Waals surface area contributed by atoms with Gasteiger partial charge in [-0.15, -0.1) is 0 Å². The van der Waals surface area contributed by atoms with Gasteiger partial charge in [0.15, 0.2) is 5.78 Å². The molecular formula is C13H18N2O4. The van der Waals surface area contributed by atoms with Crippen molar-refractivity contribution in [3.63, 3.8) is 0 Å². The summed E-state index contributed by atoms with van der Waals surface area (Å²) in [5.41, 5.74) is 0.545. The summed E-state index contributed by atoms with van der Waals surface area (Å²) in [6, 6.07) is 1.41. The van der Waals surface area contributed by atoms with E-state index in [1.54, 1.807) is 10.8 Å². The van der Waals surface area contributed by atoms with Crippen LogP contribution in [0.3, 0.4) is 0 Å². The normalized spacial score (nSPS) is 20.4. The summed E-state index contributed by atoms with van der Waals surface area (Å²) in [4.78, 5) is 24.7. The van der Waals surface area contributed by atoms with Crippen LogP contribution in [-0.2, 0) is 11.3 Å². The largest absolute Gasteiger partial charge is 0.477 e. The van der Waals surface area contributed by atoms with Crippen molar-refractivity contribution < 1.29 is 19.4 Å². The molecular weight excluding hydrogens is 248 g/mol. The van der Waals surface area contributed by atoms with Crippen LogP contribution in [0.15, 0.2) is 12.3 Å². The van der Waals surface area contributed by atoms with E-state index in [2.05, 4.69) is 4.90 Å². The van der Waals surface area contributed by atoms with Crippen LogP contribution in [0.5, 0.6) is 0 Å². The Labute approximate surface area is 111 Å². The molecule has 0 radical (unpaired) electrons. The molecule has 104 valence electrons. The molecule has 0 spiro atoms. The van der Waals surface area contributed by atoms with Crippen LogP contribution in [0.1, 0.15) is 27.8 Å². The fraction of sp³-hybridized carbons (Fsp3) is 0.538. The van der Waals surface area contributed by atoms with Crippen molar-refractivity contribution in [2.45, 2.75) is 19.6 Å². The van der Waals surface area contributed by atoms with Crippen LogP contribution in [-0.4, -0.2) is 59.2 Å². The third-order valence-electron chi connectivity index (χ3n) is 3.26. The minimum atomic E-state index is -1.03. The second kappa shape index (κ2) is 5.54. The Balaban J connectivity index is 2.18. The molecule has 2 rings (SSSR count). The maximum Gasteiger partial charge on any atom is 0.352 e. The van der Waals surface area contributed by atoms with Crippen molar-refractivity contribution in [2.24, 2.45) is 0 Å². The molecule has 6 heteroatoms. The van der Waals surface area contributed by atoms with E-state index in [9.17, 15) is 9.59 Å². The maximum atomic E-state index is 11.3. The number of carboxylic acid groups (broad SMARTS) is 1. The van der Waals surface area contributed by atoms with Gasteiger partial charge in [0.05, 0.1) is 19.3 Å². The molecule has 1 aliphatic rings. The molecule has 6 nitrogen and oxygen atoms in total. The minimum absolute atomic E-state index is 0.0518. The molecule has 0 bridgehead atoms. The highest BCUT2D eigenvalue weighted by Gasteiger charge is 2.21. The van der Waals surface area contributed by atoms with Crippen LogP contribution in [0.2, 0.25) is 0 Å². The van der Waals surface area contributed by atoms with Gasteiger partial charge in [-0.1, -0.05) is 0 Å². The first-order valence-corrected chi connectivity index (χ1v) is 6.22. The number of carboxylic acids is 1. The molecule has 1 aliphatic heterocycles. The minimum Gasteiger partial charge on any atom is -0.477 e. The molecule has 1 unspecified atom stereocenters. The number of aromatic carboxylic acids is 1. The topological polar surface area (TPSA) is 71.8 Å². The first-order chi connectivity index (χ1) is 8.97. The second-order valence-electron chi connectivity index (χ2n) is 4.88. The molecule has 2 heterocycles. The Hall–Kier alpha value is -1.66. The quantitative estimate of drug-likeness (QED) is 0.813. The van der Waals surface area contributed by atoms with Crippen molar-refractivity contribution in [1.29, 1.82) is 0 Å². The van der Waals surface area contributed by atoms with E-state index in [0.717, 1.165) is 13.1 Å². The number of aromatic nitrogens is 1. The number of hydrogen-bond acceptors (Lipinski definition) is 4. The van der Waals surface area contributed by atoms with E-state index in [1.807, 2.05) is 7.05 Å². The summed E-state index contributed by atoms with van der Waals surface area (Å²) in [7, 11) is 2.00. The molecule has 1 atom stereocenters. The molecule has 0 aliphatic carbocycles. The Morgan fingerprint density at radius 3 is 2.84 bits per heavy atom. The van der Waals surface area contributed by atoms with Gasteiger partial charge in [-0.2, -0.15) is 0 Å². The predicted molar refractivity (Wildman–Crippen MR) is 68.6 cm³/mol. The van der Waals surface area contributed by atoms with Gasteiger partial charge in [-0.05, 0) is 20.0 Å². The number of ketones is 1. The summed E-state index contributed by atoms with van der Waals surface area (Å²) >= 11 is 0. The van der Waals surface area contributed by atoms with Crippen LogP contribution in [0.4, 0.5) is 0 Å². The van der Waals surface area contributed by atoms with E-state index < -0.39 is 5.97 Å². The summed E-state index contributed by atoms with van der Waals surface area (Å²) in [5.74, 6) is -1.17. The lowest BCUT2D eigenvalue weighted by Crippen LogP contribution is -2.42. The van der Waals surface area contributed by atoms with Gasteiger partial charge in [0, 0.05) is 24.8 Å². The monoisotopic (exact) mass is 266 g/mol. The standard InChI is InChI=1S/C13H18N2O4/c1-9(16)10-5-12(13(17)18)15(6-10)8-11-7-14(2)3-4-19-11/h5-6,11H,3-4,7-8H2,1-2H3,(H,17,18). The van der Waals surface area contributed by atoms with Crippen LogP contribution in [0, 0.1) is 0 Å². The highest BCUT2D eigenvalue weighted by atomic mass is 16.5. The first-order valence-electron chi connectivity index (χ1n) is 6.22. The molecule has 1 fully saturated rings. The lowest BCUT2D eigenvalue weighted by Gasteiger charge is -2.30. The average Bonchev–Trinajstić information content (AvgIpc) is 2.73. The van der Waals surface area contributed by atoms with Gasteiger partial charge < -0.3 is 19.3 Å². The smallest absolute Gasteiger partial charge is 0.352 e. The first kappa shape index (κ1) is 13.8. The van der Waals surface area contributed by atoms with E-state index >= 15 is 0 Å². The number of ether oxygens (including phenoxy) is 1. The van der Waals surface area contributed by atoms with Gasteiger partial charge in [0.2, 0.25) is 0 Å². The Morgan fingerprint density at radius 2 is 2.26 bits per heavy atom. The van der Waals surface area contributed by atoms with E-state index in [1.165, 1.54) is 13.0 Å². The number of hydrogen-bond donors (Lipinski definition) is 1. The number of carbonyl (C=O) groups is 2. The number of Topliss-reactive ketones (excluding diaryl/α,β-unsaturated/α-hetero) is 1. The van der Waals surface area contributed by atoms with Crippen molar-refractivity contribution in [3.8, 4) is 0 Å². The molecule has 19 heavy (non-hydrogen) atoms. The van der Waals surface area contributed by atoms with Gasteiger partial charge in [0.1, 0.15) is 5.69 Å². The van der Waals surface area contributed by atoms with Crippen molar-refractivity contribution in [2.75, 3.05) is 26.7 Å². The number of nitrogens with zero attached hydrogens (tertiary/aromatic N) is 2. The van der Waals surface area contributed by atoms with Crippen LogP contribution < -0.4 is 0 Å². The highest BCUT2D eigenvalue weighted by molar-refractivity contribution is 5.97. The molecule has 1 aromatic rings. The van der Waals surface area contributed by atoms with Crippen molar-refractivity contribution in [3.05, 3.63) is 23.5 Å². The molecule has 1 aromatic heterocycles. The molecule has 0 saturated carbocycles. The summed E-state index contributed by atoms with van der Waals surface area (Å²) in [6.07, 6.45) is 1.54. The SMILES string of the molecule is CC(=O)c1cc(C(=O)O)n(CC2CN(C)CCO2)c1. The fourth-order valence-corrected chi connectivity index (χ4v) is 2.23. The summed E-state index contributed by atoms with van der Waals surface area (Å²) in [6.45, 7) is 4.15. The lowest BCUT2D eigenvalue weighted by molar-refractivity contribution is -0.0277. The molecule has 0 aromatic carbocycles. The average molecular weight is 266 g/mol. The zero-order valence-corrected chi connectivity index (χ0v) is 11.1. The van der Waals surface area contributed by atoms with E-state index in [0.29, 0.717) is 18.7 Å². The van der Waals surface area contributed by atoms with E-state index in [-0.39, 0.29) is 17.6 Å². The van der Waals surface area contributed by atoms with Gasteiger partial charge in [-0.25, -0.2) is 4.79 Å². The Bertz CT molecular complexity index is 495. The third-order valence-corrected chi connectivity index (χ3v) is 3.26. The van der Waals surface area contributed by atoms with Gasteiger partial charge >= 0.3 is 5.97 Å². The van der Waals surface area contributed by atoms with Crippen molar-refractivity contribution >= 4 is 11.8 Å². The molecule has 1 N–H and O–H groups in total. The Morgan fingerprint density at radius 1 is 1.53 bits per heavy atom. The highest BCUT2D eigenvalue weighted by Crippen LogP contribution is 2.13. The van der Waals surface area contributed by atoms with Gasteiger partial charge in [0.25, 0.3) is 0 Å². The van der Waals surface area contributed by atoms with Crippen molar-refractivity contribution in [1.82, 2.24) is 9.47 Å².